The maximum atomic E-state index is 12.7. The fourth-order valence-corrected chi connectivity index (χ4v) is 4.33. The van der Waals surface area contributed by atoms with Crippen LogP contribution in [0.15, 0.2) is 23.1 Å². The summed E-state index contributed by atoms with van der Waals surface area (Å²) in [5.74, 6) is 0.296. The van der Waals surface area contributed by atoms with Gasteiger partial charge in [0.1, 0.15) is 18.0 Å². The lowest BCUT2D eigenvalue weighted by atomic mass is 9.94. The van der Waals surface area contributed by atoms with Crippen molar-refractivity contribution in [3.8, 4) is 5.75 Å². The lowest BCUT2D eigenvalue weighted by molar-refractivity contribution is -0.129. The molecule has 0 aliphatic carbocycles. The van der Waals surface area contributed by atoms with Gasteiger partial charge in [-0.2, -0.15) is 8.42 Å². The Labute approximate surface area is 159 Å². The first-order valence-corrected chi connectivity index (χ1v) is 10.5. The molecule has 2 aliphatic heterocycles. The molecule has 27 heavy (non-hydrogen) atoms. The van der Waals surface area contributed by atoms with Crippen LogP contribution in [0.1, 0.15) is 38.4 Å². The van der Waals surface area contributed by atoms with E-state index in [2.05, 4.69) is 23.0 Å². The highest BCUT2D eigenvalue weighted by molar-refractivity contribution is 7.85. The Morgan fingerprint density at radius 3 is 2.67 bits per heavy atom. The summed E-state index contributed by atoms with van der Waals surface area (Å²) >= 11 is 0. The molecule has 150 valence electrons. The molecule has 10 heteroatoms. The average Bonchev–Trinajstić information content (AvgIpc) is 2.91. The van der Waals surface area contributed by atoms with Gasteiger partial charge < -0.3 is 10.1 Å². The van der Waals surface area contributed by atoms with Crippen molar-refractivity contribution in [3.05, 3.63) is 23.8 Å². The molecule has 1 aromatic rings. The molecule has 4 atom stereocenters. The Morgan fingerprint density at radius 1 is 1.30 bits per heavy atom. The molecule has 3 rings (SSSR count). The van der Waals surface area contributed by atoms with Gasteiger partial charge >= 0.3 is 0 Å². The van der Waals surface area contributed by atoms with Crippen molar-refractivity contribution in [1.29, 1.82) is 0 Å². The van der Waals surface area contributed by atoms with Crippen LogP contribution in [0.2, 0.25) is 0 Å². The molecule has 2 saturated heterocycles. The molecular weight excluding hydrogens is 372 g/mol. The fourth-order valence-electron chi connectivity index (χ4n) is 3.81. The van der Waals surface area contributed by atoms with Gasteiger partial charge in [0.15, 0.2) is 0 Å². The normalized spacial score (nSPS) is 28.7. The monoisotopic (exact) mass is 398 g/mol. The quantitative estimate of drug-likeness (QED) is 0.509. The van der Waals surface area contributed by atoms with Gasteiger partial charge in [0.05, 0.1) is 17.5 Å². The van der Waals surface area contributed by atoms with Crippen LogP contribution in [0.4, 0.5) is 0 Å². The third-order valence-corrected chi connectivity index (χ3v) is 5.81. The Bertz CT molecular complexity index is 816. The molecule has 0 bridgehead atoms. The number of rotatable bonds is 6. The number of hydrogen-bond acceptors (Lipinski definition) is 7. The molecule has 4 unspecified atom stereocenters. The highest BCUT2D eigenvalue weighted by Gasteiger charge is 2.48. The number of amides is 1. The Kier molecular flexibility index (Phi) is 5.73. The first kappa shape index (κ1) is 20.0. The van der Waals surface area contributed by atoms with Gasteiger partial charge in [-0.05, 0) is 31.5 Å². The van der Waals surface area contributed by atoms with Crippen molar-refractivity contribution in [2.24, 2.45) is 0 Å². The number of likely N-dealkylation sites (N-methyl/N-ethyl adjacent to an activating group) is 1. The summed E-state index contributed by atoms with van der Waals surface area (Å²) in [6.45, 7) is 4.28. The molecule has 1 amide bonds. The van der Waals surface area contributed by atoms with Gasteiger partial charge in [-0.25, -0.2) is 10.4 Å². The lowest BCUT2D eigenvalue weighted by Gasteiger charge is -2.36. The smallest absolute Gasteiger partial charge is 0.294 e. The fraction of sp³-hybridized carbons (Fsp3) is 0.588. The zero-order chi connectivity index (χ0) is 19.8. The third kappa shape index (κ3) is 3.94. The number of fused-ring (bicyclic) bond motifs is 1. The summed E-state index contributed by atoms with van der Waals surface area (Å²) in [7, 11) is -2.54. The van der Waals surface area contributed by atoms with Gasteiger partial charge in [-0.15, -0.1) is 0 Å². The van der Waals surface area contributed by atoms with Crippen LogP contribution in [0.3, 0.4) is 0 Å². The molecule has 1 aromatic carbocycles. The van der Waals surface area contributed by atoms with Gasteiger partial charge in [0, 0.05) is 18.7 Å². The second-order valence-corrected chi connectivity index (χ2v) is 8.24. The number of nitrogens with zero attached hydrogens (tertiary/aromatic N) is 1. The maximum absolute atomic E-state index is 12.7. The highest BCUT2D eigenvalue weighted by Crippen LogP contribution is 2.31. The molecule has 2 fully saturated rings. The van der Waals surface area contributed by atoms with E-state index in [4.69, 9.17) is 4.74 Å². The number of ether oxygens (including phenoxy) is 1. The van der Waals surface area contributed by atoms with E-state index in [-0.39, 0.29) is 28.9 Å². The highest BCUT2D eigenvalue weighted by atomic mass is 32.2. The van der Waals surface area contributed by atoms with Crippen LogP contribution >= 0.6 is 0 Å². The third-order valence-electron chi connectivity index (χ3n) is 4.96. The maximum Gasteiger partial charge on any atom is 0.294 e. The zero-order valence-corrected chi connectivity index (χ0v) is 16.4. The molecule has 0 spiro atoms. The molecule has 2 heterocycles. The number of benzene rings is 1. The first-order valence-electron chi connectivity index (χ1n) is 9.06. The second-order valence-electron chi connectivity index (χ2n) is 6.82. The lowest BCUT2D eigenvalue weighted by Crippen LogP contribution is -2.62. The minimum atomic E-state index is -4.37. The van der Waals surface area contributed by atoms with Crippen LogP contribution < -0.4 is 20.8 Å². The van der Waals surface area contributed by atoms with Gasteiger partial charge in [-0.3, -0.25) is 14.7 Å². The molecule has 0 aromatic heterocycles. The van der Waals surface area contributed by atoms with Crippen molar-refractivity contribution in [1.82, 2.24) is 21.1 Å². The standard InChI is InChI=1S/C17H26N4O5S/c1-4-6-12-14-15(21(3)20-12)17(22)19-16(18-14)11-9-10(27(23,24)25)7-8-13(11)26-5-2/h7-9,12,14-16,18,20H,4-6H2,1-3H3,(H,19,22)(H,23,24,25). The van der Waals surface area contributed by atoms with Crippen molar-refractivity contribution >= 4 is 16.0 Å². The SMILES string of the molecule is CCCC1NN(C)C2C(=O)NC(c3cc(S(=O)(=O)O)ccc3OCC)NC12. The largest absolute Gasteiger partial charge is 0.493 e. The molecule has 4 N–H and O–H groups in total. The number of nitrogens with one attached hydrogen (secondary N) is 3. The minimum Gasteiger partial charge on any atom is -0.493 e. The number of carbonyl (C=O) groups is 1. The van der Waals surface area contributed by atoms with E-state index in [1.54, 1.807) is 0 Å². The Morgan fingerprint density at radius 2 is 2.04 bits per heavy atom. The van der Waals surface area contributed by atoms with Crippen LogP contribution in [0, 0.1) is 0 Å². The summed E-state index contributed by atoms with van der Waals surface area (Å²) in [6.07, 6.45) is 1.22. The van der Waals surface area contributed by atoms with Crippen molar-refractivity contribution in [2.45, 2.75) is 55.9 Å². The van der Waals surface area contributed by atoms with E-state index in [0.29, 0.717) is 17.9 Å². The van der Waals surface area contributed by atoms with Crippen LogP contribution in [0.5, 0.6) is 5.75 Å². The van der Waals surface area contributed by atoms with Crippen LogP contribution in [0.25, 0.3) is 0 Å². The molecular formula is C17H26N4O5S. The number of hydrazine groups is 1. The van der Waals surface area contributed by atoms with E-state index in [1.165, 1.54) is 18.2 Å². The predicted octanol–water partition coefficient (Wildman–Crippen LogP) is 0.406. The molecule has 0 radical (unpaired) electrons. The summed E-state index contributed by atoms with van der Waals surface area (Å²) in [5, 5.41) is 8.11. The van der Waals surface area contributed by atoms with E-state index in [0.717, 1.165) is 12.8 Å². The van der Waals surface area contributed by atoms with Crippen LogP contribution in [-0.2, 0) is 14.9 Å². The number of hydrogen-bond donors (Lipinski definition) is 4. The Hall–Kier alpha value is -1.72. The number of carbonyl (C=O) groups excluding carboxylic acids is 1. The van der Waals surface area contributed by atoms with Crippen molar-refractivity contribution < 1.29 is 22.5 Å². The summed E-state index contributed by atoms with van der Waals surface area (Å²) in [5.41, 5.74) is 3.78. The van der Waals surface area contributed by atoms with E-state index < -0.39 is 16.3 Å². The zero-order valence-electron chi connectivity index (χ0n) is 15.6. The predicted molar refractivity (Wildman–Crippen MR) is 98.6 cm³/mol. The molecule has 0 saturated carbocycles. The molecule has 2 aliphatic rings. The van der Waals surface area contributed by atoms with E-state index in [1.807, 2.05) is 19.0 Å². The van der Waals surface area contributed by atoms with Gasteiger partial charge in [0.2, 0.25) is 5.91 Å². The Balaban J connectivity index is 1.97. The molecule has 9 nitrogen and oxygen atoms in total. The topological polar surface area (TPSA) is 120 Å². The minimum absolute atomic E-state index is 0.0823. The van der Waals surface area contributed by atoms with E-state index >= 15 is 0 Å². The second kappa shape index (κ2) is 7.72. The van der Waals surface area contributed by atoms with Gasteiger partial charge in [0.25, 0.3) is 10.1 Å². The summed E-state index contributed by atoms with van der Waals surface area (Å²) in [4.78, 5) is 12.5. The van der Waals surface area contributed by atoms with Gasteiger partial charge in [-0.1, -0.05) is 13.3 Å². The van der Waals surface area contributed by atoms with Crippen LogP contribution in [-0.4, -0.2) is 55.7 Å². The van der Waals surface area contributed by atoms with E-state index in [9.17, 15) is 17.8 Å². The summed E-state index contributed by atoms with van der Waals surface area (Å²) < 4.78 is 38.1. The van der Waals surface area contributed by atoms with Crippen molar-refractivity contribution in [3.63, 3.8) is 0 Å². The average molecular weight is 398 g/mol. The summed E-state index contributed by atoms with van der Waals surface area (Å²) in [6, 6.07) is 3.68. The first-order chi connectivity index (χ1) is 12.8. The van der Waals surface area contributed by atoms with Crippen molar-refractivity contribution in [2.75, 3.05) is 13.7 Å².